The molecule has 0 fully saturated rings. The highest BCUT2D eigenvalue weighted by atomic mass is 16.1. The smallest absolute Gasteiger partial charge is 0.239 e. The van der Waals surface area contributed by atoms with Crippen molar-refractivity contribution in [2.24, 2.45) is 5.73 Å². The highest BCUT2D eigenvalue weighted by Crippen LogP contribution is 2.00. The van der Waals surface area contributed by atoms with Crippen LogP contribution in [0.1, 0.15) is 6.92 Å². The molecule has 1 heterocycles. The van der Waals surface area contributed by atoms with Crippen LogP contribution in [-0.4, -0.2) is 22.2 Å². The molecule has 0 saturated heterocycles. The van der Waals surface area contributed by atoms with Crippen molar-refractivity contribution in [3.8, 4) is 11.8 Å². The molecule has 5 heteroatoms. The number of primary amides is 1. The van der Waals surface area contributed by atoms with Crippen molar-refractivity contribution in [2.75, 3.05) is 11.9 Å². The van der Waals surface area contributed by atoms with E-state index in [1.54, 1.807) is 19.2 Å². The van der Waals surface area contributed by atoms with E-state index in [-0.39, 0.29) is 6.54 Å². The zero-order valence-electron chi connectivity index (χ0n) is 7.95. The van der Waals surface area contributed by atoms with Gasteiger partial charge >= 0.3 is 0 Å². The van der Waals surface area contributed by atoms with Crippen LogP contribution in [0.25, 0.3) is 0 Å². The Bertz CT molecular complexity index is 372. The van der Waals surface area contributed by atoms with Crippen LogP contribution in [0, 0.1) is 11.8 Å². The second kappa shape index (κ2) is 4.92. The minimum absolute atomic E-state index is 0.0983. The summed E-state index contributed by atoms with van der Waals surface area (Å²) in [5.41, 5.74) is 5.01. The van der Waals surface area contributed by atoms with Crippen molar-refractivity contribution in [3.63, 3.8) is 0 Å². The molecule has 0 atom stereocenters. The molecule has 1 rings (SSSR count). The zero-order chi connectivity index (χ0) is 10.4. The van der Waals surface area contributed by atoms with Crippen LogP contribution in [0.15, 0.2) is 12.3 Å². The molecule has 3 N–H and O–H groups in total. The van der Waals surface area contributed by atoms with E-state index in [1.165, 1.54) is 4.68 Å². The quantitative estimate of drug-likeness (QED) is 0.649. The van der Waals surface area contributed by atoms with Gasteiger partial charge in [-0.3, -0.25) is 9.48 Å². The van der Waals surface area contributed by atoms with E-state index < -0.39 is 5.91 Å². The maximum atomic E-state index is 10.6. The first-order chi connectivity index (χ1) is 6.72. The highest BCUT2D eigenvalue weighted by Gasteiger charge is 1.99. The molecule has 0 aliphatic heterocycles. The number of hydrogen-bond donors (Lipinski definition) is 2. The van der Waals surface area contributed by atoms with Gasteiger partial charge in [-0.05, 0) is 6.92 Å². The number of anilines is 1. The molecule has 0 aromatic carbocycles. The van der Waals surface area contributed by atoms with Gasteiger partial charge in [0.25, 0.3) is 0 Å². The second-order valence-corrected chi connectivity index (χ2v) is 2.65. The lowest BCUT2D eigenvalue weighted by Gasteiger charge is -1.96. The van der Waals surface area contributed by atoms with Crippen LogP contribution in [0.4, 0.5) is 5.82 Å². The molecule has 0 bridgehead atoms. The van der Waals surface area contributed by atoms with Gasteiger partial charge in [0.05, 0.1) is 6.54 Å². The Hall–Kier alpha value is -1.96. The molecule has 1 aromatic rings. The molecule has 5 nitrogen and oxygen atoms in total. The van der Waals surface area contributed by atoms with E-state index in [9.17, 15) is 4.79 Å². The van der Waals surface area contributed by atoms with Crippen LogP contribution in [0.2, 0.25) is 0 Å². The van der Waals surface area contributed by atoms with Gasteiger partial charge in [-0.2, -0.15) is 5.10 Å². The first-order valence-electron chi connectivity index (χ1n) is 4.17. The Morgan fingerprint density at radius 3 is 3.21 bits per heavy atom. The number of carbonyl (C=O) groups is 1. The molecule has 1 amide bonds. The maximum absolute atomic E-state index is 10.6. The average molecular weight is 192 g/mol. The molecule has 0 unspecified atom stereocenters. The van der Waals surface area contributed by atoms with E-state index >= 15 is 0 Å². The predicted octanol–water partition coefficient (Wildman–Crippen LogP) is -0.196. The van der Waals surface area contributed by atoms with Crippen LogP contribution in [-0.2, 0) is 11.3 Å². The summed E-state index contributed by atoms with van der Waals surface area (Å²) < 4.78 is 1.48. The Kier molecular flexibility index (Phi) is 3.56. The van der Waals surface area contributed by atoms with Crippen molar-refractivity contribution in [2.45, 2.75) is 13.5 Å². The summed E-state index contributed by atoms with van der Waals surface area (Å²) >= 11 is 0. The van der Waals surface area contributed by atoms with Gasteiger partial charge in [0.2, 0.25) is 5.91 Å². The van der Waals surface area contributed by atoms with Crippen LogP contribution < -0.4 is 11.1 Å². The minimum atomic E-state index is -0.409. The number of amides is 1. The van der Waals surface area contributed by atoms with E-state index in [2.05, 4.69) is 22.3 Å². The molecule has 0 aliphatic carbocycles. The third kappa shape index (κ3) is 3.19. The summed E-state index contributed by atoms with van der Waals surface area (Å²) in [6.45, 7) is 2.42. The summed E-state index contributed by atoms with van der Waals surface area (Å²) in [4.78, 5) is 10.6. The lowest BCUT2D eigenvalue weighted by Crippen LogP contribution is -2.19. The number of hydrogen-bond acceptors (Lipinski definition) is 3. The first kappa shape index (κ1) is 10.1. The second-order valence-electron chi connectivity index (χ2n) is 2.65. The number of rotatable bonds is 4. The molecule has 0 spiro atoms. The molecule has 0 aliphatic rings. The fourth-order valence-corrected chi connectivity index (χ4v) is 0.927. The van der Waals surface area contributed by atoms with Gasteiger partial charge in [-0.25, -0.2) is 0 Å². The Morgan fingerprint density at radius 2 is 2.57 bits per heavy atom. The summed E-state index contributed by atoms with van der Waals surface area (Å²) in [6, 6.07) is 1.76. The largest absolute Gasteiger partial charge is 0.368 e. The Labute approximate surface area is 82.3 Å². The van der Waals surface area contributed by atoms with Gasteiger partial charge in [0, 0.05) is 12.3 Å². The van der Waals surface area contributed by atoms with Crippen molar-refractivity contribution in [1.82, 2.24) is 9.78 Å². The number of aromatic nitrogens is 2. The van der Waals surface area contributed by atoms with Gasteiger partial charge in [0.15, 0.2) is 0 Å². The van der Waals surface area contributed by atoms with Crippen LogP contribution >= 0.6 is 0 Å². The topological polar surface area (TPSA) is 72.9 Å². The van der Waals surface area contributed by atoms with Gasteiger partial charge in [-0.1, -0.05) is 5.92 Å². The standard InChI is InChI=1S/C9H12N4O/c1-2-3-5-11-9-4-6-13(12-9)7-8(10)14/h4,6H,5,7H2,1H3,(H2,10,14)(H,11,12). The summed E-state index contributed by atoms with van der Waals surface area (Å²) in [6.07, 6.45) is 1.69. The number of nitrogens with two attached hydrogens (primary N) is 1. The van der Waals surface area contributed by atoms with Gasteiger partial charge < -0.3 is 11.1 Å². The lowest BCUT2D eigenvalue weighted by molar-refractivity contribution is -0.118. The average Bonchev–Trinajstić information content (AvgIpc) is 2.52. The van der Waals surface area contributed by atoms with Gasteiger partial charge in [-0.15, -0.1) is 5.92 Å². The molecule has 1 aromatic heterocycles. The normalized spacial score (nSPS) is 8.93. The van der Waals surface area contributed by atoms with Crippen LogP contribution in [0.5, 0.6) is 0 Å². The molecule has 74 valence electrons. The van der Waals surface area contributed by atoms with Gasteiger partial charge in [0.1, 0.15) is 12.4 Å². The van der Waals surface area contributed by atoms with E-state index in [0.717, 1.165) is 0 Å². The van der Waals surface area contributed by atoms with E-state index in [1.807, 2.05) is 0 Å². The fraction of sp³-hybridized carbons (Fsp3) is 0.333. The molecule has 0 radical (unpaired) electrons. The minimum Gasteiger partial charge on any atom is -0.368 e. The Morgan fingerprint density at radius 1 is 1.79 bits per heavy atom. The van der Waals surface area contributed by atoms with Crippen LogP contribution in [0.3, 0.4) is 0 Å². The molecule has 0 saturated carbocycles. The maximum Gasteiger partial charge on any atom is 0.239 e. The summed E-state index contributed by atoms with van der Waals surface area (Å²) in [5.74, 6) is 5.88. The molecular formula is C9H12N4O. The third-order valence-corrected chi connectivity index (χ3v) is 1.49. The lowest BCUT2D eigenvalue weighted by atomic mass is 10.5. The number of carbonyl (C=O) groups excluding carboxylic acids is 1. The number of nitrogens with one attached hydrogen (secondary N) is 1. The fourth-order valence-electron chi connectivity index (χ4n) is 0.927. The first-order valence-corrected chi connectivity index (χ1v) is 4.17. The van der Waals surface area contributed by atoms with Crippen molar-refractivity contribution >= 4 is 11.7 Å². The van der Waals surface area contributed by atoms with Crippen molar-refractivity contribution in [1.29, 1.82) is 0 Å². The summed E-state index contributed by atoms with van der Waals surface area (Å²) in [7, 11) is 0. The molecular weight excluding hydrogens is 180 g/mol. The number of nitrogens with zero attached hydrogens (tertiary/aromatic N) is 2. The monoisotopic (exact) mass is 192 g/mol. The SMILES string of the molecule is CC#CCNc1ccn(CC(N)=O)n1. The van der Waals surface area contributed by atoms with Crippen molar-refractivity contribution in [3.05, 3.63) is 12.3 Å². The summed E-state index contributed by atoms with van der Waals surface area (Å²) in [5, 5.41) is 7.04. The molecule has 14 heavy (non-hydrogen) atoms. The van der Waals surface area contributed by atoms with E-state index in [0.29, 0.717) is 12.4 Å². The third-order valence-electron chi connectivity index (χ3n) is 1.49. The van der Waals surface area contributed by atoms with Crippen molar-refractivity contribution < 1.29 is 4.79 Å². The predicted molar refractivity (Wildman–Crippen MR) is 53.4 cm³/mol. The zero-order valence-corrected chi connectivity index (χ0v) is 7.95. The highest BCUT2D eigenvalue weighted by molar-refractivity contribution is 5.73. The van der Waals surface area contributed by atoms with E-state index in [4.69, 9.17) is 5.73 Å². The Balaban J connectivity index is 2.49.